The third kappa shape index (κ3) is 4.19. The van der Waals surface area contributed by atoms with E-state index in [4.69, 9.17) is 9.97 Å². The van der Waals surface area contributed by atoms with Gasteiger partial charge in [-0.05, 0) is 41.0 Å². The van der Waals surface area contributed by atoms with Gasteiger partial charge in [-0.1, -0.05) is 121 Å². The minimum absolute atomic E-state index is 0.889. The molecule has 0 spiro atoms. The third-order valence-corrected chi connectivity index (χ3v) is 8.85. The van der Waals surface area contributed by atoms with Crippen molar-refractivity contribution in [3.8, 4) is 44.8 Å². The van der Waals surface area contributed by atoms with Crippen LogP contribution in [0.3, 0.4) is 0 Å². The molecule has 0 radical (unpaired) electrons. The summed E-state index contributed by atoms with van der Waals surface area (Å²) in [6.07, 6.45) is 0. The van der Waals surface area contributed by atoms with Crippen LogP contribution in [-0.2, 0) is 0 Å². The Morgan fingerprint density at radius 1 is 0.390 bits per heavy atom. The second kappa shape index (κ2) is 9.81. The number of thiophene rings is 1. The Morgan fingerprint density at radius 3 is 1.76 bits per heavy atom. The van der Waals surface area contributed by atoms with Crippen LogP contribution in [0.15, 0.2) is 146 Å². The number of aromatic nitrogens is 2. The predicted octanol–water partition coefficient (Wildman–Crippen LogP) is 10.7. The van der Waals surface area contributed by atoms with Gasteiger partial charge < -0.3 is 0 Å². The van der Waals surface area contributed by atoms with E-state index in [9.17, 15) is 0 Å². The molecule has 2 aromatic heterocycles. The number of nitrogens with zero attached hydrogens (tertiary/aromatic N) is 2. The fourth-order valence-corrected chi connectivity index (χ4v) is 6.74. The van der Waals surface area contributed by atoms with E-state index in [-0.39, 0.29) is 0 Å². The summed E-state index contributed by atoms with van der Waals surface area (Å²) in [6.45, 7) is 0. The van der Waals surface area contributed by atoms with Gasteiger partial charge in [0.05, 0.1) is 22.4 Å². The molecule has 0 bridgehead atoms. The molecule has 0 aliphatic carbocycles. The molecule has 2 heterocycles. The maximum absolute atomic E-state index is 5.27. The molecule has 8 rings (SSSR count). The van der Waals surface area contributed by atoms with Crippen LogP contribution in [0.1, 0.15) is 0 Å². The van der Waals surface area contributed by atoms with Gasteiger partial charge in [0.2, 0.25) is 0 Å². The van der Waals surface area contributed by atoms with Crippen LogP contribution >= 0.6 is 11.3 Å². The smallest absolute Gasteiger partial charge is 0.0973 e. The number of hydrogen-bond donors (Lipinski definition) is 0. The lowest BCUT2D eigenvalue weighted by atomic mass is 9.97. The Bertz CT molecular complexity index is 2180. The SMILES string of the molecule is c1ccc(-c2nc3cccc(-c4ccc(-c5ccc6sc7ccccc7c6c5)cc4)c3nc2-c2ccccc2)cc1. The van der Waals surface area contributed by atoms with E-state index in [0.29, 0.717) is 0 Å². The van der Waals surface area contributed by atoms with Crippen LogP contribution in [0.5, 0.6) is 0 Å². The van der Waals surface area contributed by atoms with E-state index in [1.54, 1.807) is 0 Å². The maximum Gasteiger partial charge on any atom is 0.0973 e. The van der Waals surface area contributed by atoms with Crippen molar-refractivity contribution in [3.63, 3.8) is 0 Å². The Kier molecular flexibility index (Phi) is 5.68. The first-order valence-corrected chi connectivity index (χ1v) is 14.6. The molecule has 0 saturated heterocycles. The zero-order valence-electron chi connectivity index (χ0n) is 22.2. The van der Waals surface area contributed by atoms with Crippen molar-refractivity contribution in [2.24, 2.45) is 0 Å². The van der Waals surface area contributed by atoms with E-state index < -0.39 is 0 Å². The van der Waals surface area contributed by atoms with Crippen LogP contribution in [0.4, 0.5) is 0 Å². The molecule has 0 atom stereocenters. The fraction of sp³-hybridized carbons (Fsp3) is 0. The predicted molar refractivity (Wildman–Crippen MR) is 174 cm³/mol. The van der Waals surface area contributed by atoms with Gasteiger partial charge in [0, 0.05) is 36.9 Å². The maximum atomic E-state index is 5.27. The summed E-state index contributed by atoms with van der Waals surface area (Å²) < 4.78 is 2.65. The van der Waals surface area contributed by atoms with Crippen LogP contribution < -0.4 is 0 Å². The summed E-state index contributed by atoms with van der Waals surface area (Å²) in [7, 11) is 0. The van der Waals surface area contributed by atoms with E-state index in [2.05, 4.69) is 121 Å². The van der Waals surface area contributed by atoms with Crippen LogP contribution in [-0.4, -0.2) is 9.97 Å². The topological polar surface area (TPSA) is 25.8 Å². The highest BCUT2D eigenvalue weighted by atomic mass is 32.1. The molecular weight excluding hydrogens is 516 g/mol. The second-order valence-corrected chi connectivity index (χ2v) is 11.3. The zero-order chi connectivity index (χ0) is 27.2. The lowest BCUT2D eigenvalue weighted by molar-refractivity contribution is 1.29. The molecule has 41 heavy (non-hydrogen) atoms. The molecule has 192 valence electrons. The minimum atomic E-state index is 0.889. The summed E-state index contributed by atoms with van der Waals surface area (Å²) in [5, 5.41) is 2.64. The molecule has 0 amide bonds. The first-order chi connectivity index (χ1) is 20.3. The molecule has 8 aromatic rings. The van der Waals surface area contributed by atoms with Gasteiger partial charge in [-0.25, -0.2) is 9.97 Å². The number of para-hydroxylation sites is 1. The van der Waals surface area contributed by atoms with Crippen LogP contribution in [0.25, 0.3) is 76.0 Å². The first kappa shape index (κ1) is 23.7. The minimum Gasteiger partial charge on any atom is -0.244 e. The Labute approximate surface area is 242 Å². The Morgan fingerprint density at radius 2 is 1.00 bits per heavy atom. The lowest BCUT2D eigenvalue weighted by Crippen LogP contribution is -1.97. The highest BCUT2D eigenvalue weighted by Crippen LogP contribution is 2.38. The van der Waals surface area contributed by atoms with E-state index in [1.807, 2.05) is 35.6 Å². The molecular formula is C38H24N2S. The van der Waals surface area contributed by atoms with Gasteiger partial charge in [0.1, 0.15) is 0 Å². The number of fused-ring (bicyclic) bond motifs is 4. The van der Waals surface area contributed by atoms with Crippen LogP contribution in [0.2, 0.25) is 0 Å². The van der Waals surface area contributed by atoms with E-state index in [0.717, 1.165) is 44.7 Å². The summed E-state index contributed by atoms with van der Waals surface area (Å²) in [5.74, 6) is 0. The summed E-state index contributed by atoms with van der Waals surface area (Å²) in [4.78, 5) is 10.4. The molecule has 0 aliphatic heterocycles. The summed E-state index contributed by atoms with van der Waals surface area (Å²) in [6, 6.07) is 51.2. The van der Waals surface area contributed by atoms with Crippen molar-refractivity contribution < 1.29 is 0 Å². The van der Waals surface area contributed by atoms with Crippen molar-refractivity contribution in [3.05, 3.63) is 146 Å². The van der Waals surface area contributed by atoms with Gasteiger partial charge >= 0.3 is 0 Å². The van der Waals surface area contributed by atoms with E-state index >= 15 is 0 Å². The molecule has 0 saturated carbocycles. The third-order valence-electron chi connectivity index (χ3n) is 7.70. The second-order valence-electron chi connectivity index (χ2n) is 10.2. The standard InChI is InChI=1S/C38H24N2S/c1-3-10-27(11-4-1)36-37(28-12-5-2-6-13-28)40-38-30(15-9-16-33(38)39-36)26-20-18-25(19-21-26)29-22-23-35-32(24-29)31-14-7-8-17-34(31)41-35/h1-24H. The van der Waals surface area contributed by atoms with Crippen LogP contribution in [0, 0.1) is 0 Å². The lowest BCUT2D eigenvalue weighted by Gasteiger charge is -2.13. The molecule has 0 aliphatic rings. The molecule has 0 unspecified atom stereocenters. The summed E-state index contributed by atoms with van der Waals surface area (Å²) in [5.41, 5.74) is 10.3. The number of benzene rings is 6. The zero-order valence-corrected chi connectivity index (χ0v) is 23.0. The summed E-state index contributed by atoms with van der Waals surface area (Å²) >= 11 is 1.85. The average Bonchev–Trinajstić information content (AvgIpc) is 3.43. The molecule has 2 nitrogen and oxygen atoms in total. The van der Waals surface area contributed by atoms with Gasteiger partial charge in [-0.15, -0.1) is 11.3 Å². The van der Waals surface area contributed by atoms with E-state index in [1.165, 1.54) is 31.3 Å². The quantitative estimate of drug-likeness (QED) is 0.222. The molecule has 6 aromatic carbocycles. The Balaban J connectivity index is 1.24. The molecule has 3 heteroatoms. The largest absolute Gasteiger partial charge is 0.244 e. The number of hydrogen-bond acceptors (Lipinski definition) is 3. The molecule has 0 fully saturated rings. The van der Waals surface area contributed by atoms with Gasteiger partial charge in [-0.3, -0.25) is 0 Å². The number of rotatable bonds is 4. The first-order valence-electron chi connectivity index (χ1n) is 13.8. The Hall–Kier alpha value is -5.12. The van der Waals surface area contributed by atoms with Crippen molar-refractivity contribution >= 4 is 42.5 Å². The normalized spacial score (nSPS) is 11.4. The van der Waals surface area contributed by atoms with Crippen molar-refractivity contribution in [2.45, 2.75) is 0 Å². The van der Waals surface area contributed by atoms with Gasteiger partial charge in [-0.2, -0.15) is 0 Å². The highest BCUT2D eigenvalue weighted by Gasteiger charge is 2.16. The van der Waals surface area contributed by atoms with Crippen molar-refractivity contribution in [1.82, 2.24) is 9.97 Å². The molecule has 0 N–H and O–H groups in total. The van der Waals surface area contributed by atoms with Gasteiger partial charge in [0.15, 0.2) is 0 Å². The fourth-order valence-electron chi connectivity index (χ4n) is 5.65. The highest BCUT2D eigenvalue weighted by molar-refractivity contribution is 7.25. The van der Waals surface area contributed by atoms with Crippen molar-refractivity contribution in [1.29, 1.82) is 0 Å². The monoisotopic (exact) mass is 540 g/mol. The van der Waals surface area contributed by atoms with Crippen molar-refractivity contribution in [2.75, 3.05) is 0 Å². The average molecular weight is 541 g/mol. The van der Waals surface area contributed by atoms with Gasteiger partial charge in [0.25, 0.3) is 0 Å².